The summed E-state index contributed by atoms with van der Waals surface area (Å²) in [7, 11) is -3.72. The molecule has 1 heterocycles. The monoisotopic (exact) mass is 423 g/mol. The van der Waals surface area contributed by atoms with E-state index in [0.29, 0.717) is 6.54 Å². The number of aromatic nitrogens is 1. The molecule has 2 aromatic carbocycles. The van der Waals surface area contributed by atoms with Crippen molar-refractivity contribution in [2.45, 2.75) is 42.8 Å². The maximum absolute atomic E-state index is 12.3. The number of hydrogen-bond donors (Lipinski definition) is 2. The average molecular weight is 424 g/mol. The average Bonchev–Trinajstić information content (AvgIpc) is 2.74. The van der Waals surface area contributed by atoms with Crippen LogP contribution in [0.15, 0.2) is 82.6 Å². The minimum absolute atomic E-state index is 0.0398. The molecule has 0 saturated carbocycles. The van der Waals surface area contributed by atoms with Crippen LogP contribution in [0.3, 0.4) is 0 Å². The number of pyridine rings is 1. The lowest BCUT2D eigenvalue weighted by Crippen LogP contribution is -2.34. The molecule has 1 aromatic heterocycles. The highest BCUT2D eigenvalue weighted by Crippen LogP contribution is 2.33. The molecular weight excluding hydrogens is 398 g/mol. The van der Waals surface area contributed by atoms with Gasteiger partial charge in [0.15, 0.2) is 0 Å². The summed E-state index contributed by atoms with van der Waals surface area (Å²) in [6, 6.07) is 20.3. The van der Waals surface area contributed by atoms with Gasteiger partial charge in [-0.2, -0.15) is 0 Å². The molecule has 0 amide bonds. The summed E-state index contributed by atoms with van der Waals surface area (Å²) in [6.45, 7) is 0.505. The third-order valence-electron chi connectivity index (χ3n) is 5.64. The van der Waals surface area contributed by atoms with E-state index in [4.69, 9.17) is 5.14 Å². The molecule has 0 bridgehead atoms. The van der Waals surface area contributed by atoms with Crippen LogP contribution in [0.2, 0.25) is 0 Å². The second kappa shape index (κ2) is 8.55. The number of sulfonamides is 1. The lowest BCUT2D eigenvalue weighted by atomic mass is 9.87. The number of nitrogens with one attached hydrogen (secondary N) is 1. The highest BCUT2D eigenvalue weighted by Gasteiger charge is 2.25. The predicted octanol–water partition coefficient (Wildman–Crippen LogP) is 2.90. The smallest absolute Gasteiger partial charge is 0.250 e. The van der Waals surface area contributed by atoms with Crippen LogP contribution in [-0.2, 0) is 23.0 Å². The van der Waals surface area contributed by atoms with E-state index >= 15 is 0 Å². The Kier molecular flexibility index (Phi) is 5.85. The first-order valence-corrected chi connectivity index (χ1v) is 11.6. The van der Waals surface area contributed by atoms with E-state index in [0.717, 1.165) is 36.0 Å². The minimum atomic E-state index is -3.72. The number of nitrogens with two attached hydrogens (primary N) is 1. The van der Waals surface area contributed by atoms with E-state index in [-0.39, 0.29) is 22.5 Å². The molecule has 4 rings (SSSR count). The molecule has 7 heteroatoms. The lowest BCUT2D eigenvalue weighted by molar-refractivity contribution is 0.367. The Labute approximate surface area is 176 Å². The molecule has 3 N–H and O–H groups in total. The Morgan fingerprint density at radius 2 is 1.83 bits per heavy atom. The summed E-state index contributed by atoms with van der Waals surface area (Å²) in [5.74, 6) is 0. The second-order valence-electron chi connectivity index (χ2n) is 7.67. The summed E-state index contributed by atoms with van der Waals surface area (Å²) in [5, 5.41) is 9.03. The Morgan fingerprint density at radius 3 is 2.57 bits per heavy atom. The Balaban J connectivity index is 1.66. The number of benzene rings is 2. The number of nitrogens with zero attached hydrogens (tertiary/aromatic N) is 1. The fraction of sp³-hybridized carbons (Fsp3) is 0.261. The number of fused-ring (bicyclic) bond motifs is 1. The zero-order valence-corrected chi connectivity index (χ0v) is 17.4. The number of rotatable bonds is 6. The van der Waals surface area contributed by atoms with E-state index in [1.807, 2.05) is 30.3 Å². The molecule has 0 spiro atoms. The van der Waals surface area contributed by atoms with Crippen LogP contribution in [0.1, 0.15) is 41.6 Å². The standard InChI is InChI=1S/C23H25N3O3S/c24-30(28,29)19-12-13-20-18(15-19)9-6-10-21(20)25-22(17-7-2-1-3-8-17)16-26-14-5-4-11-23(26)27/h1-5,7-8,11-15,21-22,25H,6,9-10,16H2,(H2,24,28,29). The summed E-state index contributed by atoms with van der Waals surface area (Å²) in [5.41, 5.74) is 3.16. The van der Waals surface area contributed by atoms with Crippen LogP contribution < -0.4 is 16.0 Å². The van der Waals surface area contributed by atoms with Gasteiger partial charge in [-0.05, 0) is 54.2 Å². The van der Waals surface area contributed by atoms with E-state index in [1.54, 1.807) is 35.0 Å². The van der Waals surface area contributed by atoms with Gasteiger partial charge in [0, 0.05) is 24.8 Å². The number of primary sulfonamides is 1. The van der Waals surface area contributed by atoms with Gasteiger partial charge < -0.3 is 9.88 Å². The third kappa shape index (κ3) is 4.53. The Bertz CT molecular complexity index is 1190. The van der Waals surface area contributed by atoms with Crippen molar-refractivity contribution < 1.29 is 8.42 Å². The molecule has 156 valence electrons. The summed E-state index contributed by atoms with van der Waals surface area (Å²) < 4.78 is 25.2. The zero-order valence-electron chi connectivity index (χ0n) is 16.6. The van der Waals surface area contributed by atoms with Crippen molar-refractivity contribution >= 4 is 10.0 Å². The highest BCUT2D eigenvalue weighted by atomic mass is 32.2. The van der Waals surface area contributed by atoms with Gasteiger partial charge in [-0.15, -0.1) is 0 Å². The van der Waals surface area contributed by atoms with Gasteiger partial charge in [-0.25, -0.2) is 13.6 Å². The summed E-state index contributed by atoms with van der Waals surface area (Å²) >= 11 is 0. The van der Waals surface area contributed by atoms with Gasteiger partial charge in [-0.3, -0.25) is 4.79 Å². The van der Waals surface area contributed by atoms with E-state index in [9.17, 15) is 13.2 Å². The Hall–Kier alpha value is -2.74. The fourth-order valence-corrected chi connectivity index (χ4v) is 4.70. The fourth-order valence-electron chi connectivity index (χ4n) is 4.13. The van der Waals surface area contributed by atoms with Crippen molar-refractivity contribution in [1.82, 2.24) is 9.88 Å². The van der Waals surface area contributed by atoms with Gasteiger partial charge in [0.05, 0.1) is 10.9 Å². The van der Waals surface area contributed by atoms with E-state index in [2.05, 4.69) is 17.4 Å². The van der Waals surface area contributed by atoms with Gasteiger partial charge in [-0.1, -0.05) is 42.5 Å². The quantitative estimate of drug-likeness (QED) is 0.637. The van der Waals surface area contributed by atoms with Crippen LogP contribution in [0.25, 0.3) is 0 Å². The third-order valence-corrected chi connectivity index (χ3v) is 6.55. The second-order valence-corrected chi connectivity index (χ2v) is 9.23. The predicted molar refractivity (Wildman–Crippen MR) is 117 cm³/mol. The number of hydrogen-bond acceptors (Lipinski definition) is 4. The molecule has 2 unspecified atom stereocenters. The normalized spacial score (nSPS) is 17.3. The summed E-state index contributed by atoms with van der Waals surface area (Å²) in [4.78, 5) is 12.4. The van der Waals surface area contributed by atoms with Crippen molar-refractivity contribution in [3.05, 3.63) is 100.0 Å². The summed E-state index contributed by atoms with van der Waals surface area (Å²) in [6.07, 6.45) is 4.51. The van der Waals surface area contributed by atoms with Crippen molar-refractivity contribution in [1.29, 1.82) is 0 Å². The largest absolute Gasteiger partial charge is 0.314 e. The van der Waals surface area contributed by atoms with E-state index in [1.165, 1.54) is 0 Å². The molecular formula is C23H25N3O3S. The molecule has 1 aliphatic rings. The van der Waals surface area contributed by atoms with Crippen LogP contribution in [-0.4, -0.2) is 13.0 Å². The topological polar surface area (TPSA) is 94.2 Å². The lowest BCUT2D eigenvalue weighted by Gasteiger charge is -2.31. The van der Waals surface area contributed by atoms with Gasteiger partial charge in [0.25, 0.3) is 5.56 Å². The molecule has 2 atom stereocenters. The maximum atomic E-state index is 12.3. The van der Waals surface area contributed by atoms with Gasteiger partial charge in [0.1, 0.15) is 0 Å². The van der Waals surface area contributed by atoms with Gasteiger partial charge in [0.2, 0.25) is 10.0 Å². The first-order chi connectivity index (χ1) is 14.4. The van der Waals surface area contributed by atoms with Crippen molar-refractivity contribution in [3.63, 3.8) is 0 Å². The van der Waals surface area contributed by atoms with Crippen LogP contribution >= 0.6 is 0 Å². The molecule has 3 aromatic rings. The first kappa shape index (κ1) is 20.5. The molecule has 6 nitrogen and oxygen atoms in total. The zero-order chi connectivity index (χ0) is 21.1. The molecule has 0 saturated heterocycles. The molecule has 0 radical (unpaired) electrons. The van der Waals surface area contributed by atoms with Gasteiger partial charge >= 0.3 is 0 Å². The highest BCUT2D eigenvalue weighted by molar-refractivity contribution is 7.89. The SMILES string of the molecule is NS(=O)(=O)c1ccc2c(c1)CCCC2NC(Cn1ccccc1=O)c1ccccc1. The van der Waals surface area contributed by atoms with Crippen LogP contribution in [0, 0.1) is 0 Å². The molecule has 0 aliphatic heterocycles. The molecule has 30 heavy (non-hydrogen) atoms. The number of aryl methyl sites for hydroxylation is 1. The maximum Gasteiger partial charge on any atom is 0.250 e. The van der Waals surface area contributed by atoms with E-state index < -0.39 is 10.0 Å². The molecule has 1 aliphatic carbocycles. The van der Waals surface area contributed by atoms with Crippen LogP contribution in [0.5, 0.6) is 0 Å². The Morgan fingerprint density at radius 1 is 1.07 bits per heavy atom. The minimum Gasteiger partial charge on any atom is -0.314 e. The van der Waals surface area contributed by atoms with Crippen molar-refractivity contribution in [2.24, 2.45) is 5.14 Å². The first-order valence-electron chi connectivity index (χ1n) is 10.0. The van der Waals surface area contributed by atoms with Crippen molar-refractivity contribution in [3.8, 4) is 0 Å². The molecule has 0 fully saturated rings. The van der Waals surface area contributed by atoms with Crippen LogP contribution in [0.4, 0.5) is 0 Å². The van der Waals surface area contributed by atoms with Crippen molar-refractivity contribution in [2.75, 3.05) is 0 Å².